The van der Waals surface area contributed by atoms with Gasteiger partial charge in [-0.15, -0.1) is 0 Å². The lowest BCUT2D eigenvalue weighted by atomic mass is 9.98. The molecular formula is C32H36FN5O3. The van der Waals surface area contributed by atoms with E-state index in [-0.39, 0.29) is 5.82 Å². The van der Waals surface area contributed by atoms with Crippen molar-refractivity contribution in [2.24, 2.45) is 0 Å². The minimum atomic E-state index is -0.681. The molecule has 3 aliphatic heterocycles. The number of epoxide rings is 1. The van der Waals surface area contributed by atoms with Crippen LogP contribution in [0.15, 0.2) is 59.0 Å². The molecule has 1 atom stereocenters. The number of para-hydroxylation sites is 1. The summed E-state index contributed by atoms with van der Waals surface area (Å²) < 4.78 is 33.1. The largest absolute Gasteiger partial charge is 0.423 e. The number of benzene rings is 3. The Bertz CT molecular complexity index is 1550. The Morgan fingerprint density at radius 1 is 0.976 bits per heavy atom. The molecule has 3 saturated heterocycles. The number of anilines is 3. The van der Waals surface area contributed by atoms with Crippen LogP contribution >= 0.6 is 0 Å². The number of likely N-dealkylation sites (N-methyl/N-ethyl adjacent to an activating group) is 1. The van der Waals surface area contributed by atoms with Crippen LogP contribution in [0.5, 0.6) is 0 Å². The first kappa shape index (κ1) is 26.4. The zero-order valence-corrected chi connectivity index (χ0v) is 23.7. The Balaban J connectivity index is 1.11. The Morgan fingerprint density at radius 3 is 2.49 bits per heavy atom. The van der Waals surface area contributed by atoms with E-state index in [1.54, 1.807) is 6.07 Å². The number of aromatic nitrogens is 1. The van der Waals surface area contributed by atoms with Gasteiger partial charge in [-0.05, 0) is 54.9 Å². The van der Waals surface area contributed by atoms with Gasteiger partial charge >= 0.3 is 0 Å². The molecule has 1 N–H and O–H groups in total. The first-order valence-electron chi connectivity index (χ1n) is 14.6. The second-order valence-corrected chi connectivity index (χ2v) is 11.1. The van der Waals surface area contributed by atoms with Gasteiger partial charge in [0.2, 0.25) is 0 Å². The molecule has 1 unspecified atom stereocenters. The highest BCUT2D eigenvalue weighted by Crippen LogP contribution is 2.44. The number of piperazine rings is 1. The number of halogens is 1. The molecule has 0 spiro atoms. The summed E-state index contributed by atoms with van der Waals surface area (Å²) in [6, 6.07) is 17.9. The smallest absolute Gasteiger partial charge is 0.300 e. The van der Waals surface area contributed by atoms with Crippen LogP contribution in [0.1, 0.15) is 18.1 Å². The lowest BCUT2D eigenvalue weighted by Crippen LogP contribution is -2.46. The van der Waals surface area contributed by atoms with Crippen molar-refractivity contribution in [3.05, 3.63) is 71.5 Å². The second-order valence-electron chi connectivity index (χ2n) is 11.1. The molecular weight excluding hydrogens is 521 g/mol. The van der Waals surface area contributed by atoms with Crippen LogP contribution in [0, 0.1) is 12.7 Å². The second kappa shape index (κ2) is 10.7. The number of fused-ring (bicyclic) bond motifs is 1. The van der Waals surface area contributed by atoms with Crippen LogP contribution in [0.25, 0.3) is 22.2 Å². The summed E-state index contributed by atoms with van der Waals surface area (Å²) in [5.41, 5.74) is 6.15. The summed E-state index contributed by atoms with van der Waals surface area (Å²) in [7, 11) is 0. The van der Waals surface area contributed by atoms with Crippen LogP contribution in [0.3, 0.4) is 0 Å². The number of ether oxygens (including phenoxy) is 2. The maximum absolute atomic E-state index is 15.6. The maximum atomic E-state index is 15.6. The van der Waals surface area contributed by atoms with E-state index in [1.807, 2.05) is 30.3 Å². The van der Waals surface area contributed by atoms with Crippen LogP contribution in [-0.2, 0) is 15.2 Å². The van der Waals surface area contributed by atoms with Gasteiger partial charge in [-0.3, -0.25) is 4.90 Å². The van der Waals surface area contributed by atoms with E-state index in [1.165, 1.54) is 11.3 Å². The standard InChI is InChI=1S/C32H36FN5O3/c1-3-36-11-13-37(14-12-36)29-10-8-24(19-22(29)2)34-31-35-28-6-4-5-25(30(28)41-31)23-7-9-26(27(33)20-23)32(21-40-32)38-15-17-39-18-16-38/h4-10,19-20H,3,11-18,21H2,1-2H3,(H,34,35). The minimum absolute atomic E-state index is 0.284. The predicted octanol–water partition coefficient (Wildman–Crippen LogP) is 5.34. The zero-order chi connectivity index (χ0) is 28.0. The monoisotopic (exact) mass is 557 g/mol. The van der Waals surface area contributed by atoms with Gasteiger partial charge < -0.3 is 29.0 Å². The average Bonchev–Trinajstić information content (AvgIpc) is 3.70. The molecule has 214 valence electrons. The van der Waals surface area contributed by atoms with E-state index in [4.69, 9.17) is 13.9 Å². The first-order valence-corrected chi connectivity index (χ1v) is 14.6. The van der Waals surface area contributed by atoms with Crippen molar-refractivity contribution in [3.8, 4) is 11.1 Å². The third-order valence-corrected chi connectivity index (χ3v) is 8.66. The molecule has 3 aromatic carbocycles. The van der Waals surface area contributed by atoms with Crippen LogP contribution < -0.4 is 10.2 Å². The molecule has 4 aromatic rings. The molecule has 3 aliphatic rings. The minimum Gasteiger partial charge on any atom is -0.423 e. The number of nitrogens with one attached hydrogen (secondary N) is 1. The van der Waals surface area contributed by atoms with Gasteiger partial charge in [-0.2, -0.15) is 4.98 Å². The van der Waals surface area contributed by atoms with E-state index >= 15 is 4.39 Å². The highest BCUT2D eigenvalue weighted by molar-refractivity contribution is 5.91. The Kier molecular flexibility index (Phi) is 6.90. The number of hydrogen-bond acceptors (Lipinski definition) is 8. The van der Waals surface area contributed by atoms with E-state index in [0.717, 1.165) is 62.6 Å². The van der Waals surface area contributed by atoms with Gasteiger partial charge in [0, 0.05) is 61.8 Å². The van der Waals surface area contributed by atoms with Crippen LogP contribution in [-0.4, -0.2) is 80.4 Å². The van der Waals surface area contributed by atoms with Gasteiger partial charge in [0.1, 0.15) is 11.3 Å². The van der Waals surface area contributed by atoms with E-state index in [9.17, 15) is 0 Å². The van der Waals surface area contributed by atoms with Crippen LogP contribution in [0.4, 0.5) is 21.8 Å². The topological polar surface area (TPSA) is 69.5 Å². The summed E-state index contributed by atoms with van der Waals surface area (Å²) in [4.78, 5) is 11.8. The first-order chi connectivity index (χ1) is 20.0. The lowest BCUT2D eigenvalue weighted by Gasteiger charge is -2.36. The van der Waals surface area contributed by atoms with Crippen LogP contribution in [0.2, 0.25) is 0 Å². The molecule has 41 heavy (non-hydrogen) atoms. The highest BCUT2D eigenvalue weighted by atomic mass is 19.1. The fourth-order valence-corrected chi connectivity index (χ4v) is 6.25. The number of hydrogen-bond donors (Lipinski definition) is 1. The third kappa shape index (κ3) is 4.97. The van der Waals surface area contributed by atoms with Crippen molar-refractivity contribution in [1.29, 1.82) is 0 Å². The molecule has 0 amide bonds. The van der Waals surface area contributed by atoms with Crippen molar-refractivity contribution in [2.75, 3.05) is 75.9 Å². The molecule has 0 saturated carbocycles. The SMILES string of the molecule is CCN1CCN(c2ccc(Nc3nc4cccc(-c5ccc(C6(N7CCOCC7)CO6)c(F)c5)c4o3)cc2C)CC1. The quantitative estimate of drug-likeness (QED) is 0.306. The van der Waals surface area contributed by atoms with E-state index in [2.05, 4.69) is 57.0 Å². The third-order valence-electron chi connectivity index (χ3n) is 8.66. The lowest BCUT2D eigenvalue weighted by molar-refractivity contribution is -0.0262. The zero-order valence-electron chi connectivity index (χ0n) is 23.7. The van der Waals surface area contributed by atoms with Crippen molar-refractivity contribution in [1.82, 2.24) is 14.8 Å². The van der Waals surface area contributed by atoms with Crippen molar-refractivity contribution >= 4 is 28.5 Å². The maximum Gasteiger partial charge on any atom is 0.300 e. The molecule has 8 nitrogen and oxygen atoms in total. The molecule has 7 rings (SSSR count). The highest BCUT2D eigenvalue weighted by Gasteiger charge is 2.53. The summed E-state index contributed by atoms with van der Waals surface area (Å²) in [5.74, 6) is -0.284. The number of morpholine rings is 1. The summed E-state index contributed by atoms with van der Waals surface area (Å²) >= 11 is 0. The molecule has 1 aromatic heterocycles. The molecule has 4 heterocycles. The molecule has 0 radical (unpaired) electrons. The van der Waals surface area contributed by atoms with Gasteiger partial charge in [-0.1, -0.05) is 31.2 Å². The molecule has 0 bridgehead atoms. The average molecular weight is 558 g/mol. The number of rotatable bonds is 7. The van der Waals surface area contributed by atoms with Crippen molar-refractivity contribution < 1.29 is 18.3 Å². The predicted molar refractivity (Wildman–Crippen MR) is 158 cm³/mol. The van der Waals surface area contributed by atoms with E-state index < -0.39 is 5.72 Å². The Labute approximate surface area is 239 Å². The van der Waals surface area contributed by atoms with Gasteiger partial charge in [0.15, 0.2) is 11.3 Å². The summed E-state index contributed by atoms with van der Waals surface area (Å²) in [6.07, 6.45) is 0. The van der Waals surface area contributed by atoms with Crippen molar-refractivity contribution in [3.63, 3.8) is 0 Å². The molecule has 0 aliphatic carbocycles. The number of nitrogens with zero attached hydrogens (tertiary/aromatic N) is 4. The van der Waals surface area contributed by atoms with E-state index in [0.29, 0.717) is 42.5 Å². The fraction of sp³-hybridized carbons (Fsp3) is 0.406. The summed E-state index contributed by atoms with van der Waals surface area (Å²) in [6.45, 7) is 13.0. The van der Waals surface area contributed by atoms with Crippen molar-refractivity contribution in [2.45, 2.75) is 19.6 Å². The summed E-state index contributed by atoms with van der Waals surface area (Å²) in [5, 5.41) is 3.33. The Morgan fingerprint density at radius 2 is 1.78 bits per heavy atom. The number of aryl methyl sites for hydroxylation is 1. The van der Waals surface area contributed by atoms with Gasteiger partial charge in [-0.25, -0.2) is 4.39 Å². The Hall–Kier alpha value is -3.50. The fourth-order valence-electron chi connectivity index (χ4n) is 6.25. The molecule has 9 heteroatoms. The number of oxazole rings is 1. The normalized spacial score (nSPS) is 21.9. The molecule has 3 fully saturated rings. The van der Waals surface area contributed by atoms with Gasteiger partial charge in [0.25, 0.3) is 6.01 Å². The van der Waals surface area contributed by atoms with Gasteiger partial charge in [0.05, 0.1) is 19.8 Å².